The van der Waals surface area contributed by atoms with Crippen molar-refractivity contribution >= 4 is 18.6 Å². The van der Waals surface area contributed by atoms with E-state index >= 15 is 0 Å². The first-order chi connectivity index (χ1) is 9.04. The molecule has 0 unspecified atom stereocenters. The van der Waals surface area contributed by atoms with E-state index in [1.807, 2.05) is 24.3 Å². The van der Waals surface area contributed by atoms with Crippen molar-refractivity contribution in [3.63, 3.8) is 0 Å². The molecule has 1 aromatic heterocycles. The Balaban J connectivity index is 2.22. The minimum absolute atomic E-state index is 0.225. The number of aromatic amines is 1. The fourth-order valence-electron chi connectivity index (χ4n) is 1.55. The van der Waals surface area contributed by atoms with Crippen LogP contribution in [0.3, 0.4) is 0 Å². The van der Waals surface area contributed by atoms with E-state index in [1.165, 1.54) is 6.92 Å². The summed E-state index contributed by atoms with van der Waals surface area (Å²) >= 11 is 0. The van der Waals surface area contributed by atoms with Crippen LogP contribution >= 0.6 is 0 Å². The summed E-state index contributed by atoms with van der Waals surface area (Å²) < 4.78 is 9.64. The Hall–Kier alpha value is -2.56. The average molecular weight is 259 g/mol. The summed E-state index contributed by atoms with van der Waals surface area (Å²) in [6.07, 6.45) is 1.66. The van der Waals surface area contributed by atoms with Gasteiger partial charge in [-0.05, 0) is 23.8 Å². The van der Waals surface area contributed by atoms with Gasteiger partial charge in [0, 0.05) is 6.92 Å². The van der Waals surface area contributed by atoms with Crippen LogP contribution in [0, 0.1) is 0 Å². The summed E-state index contributed by atoms with van der Waals surface area (Å²) in [5.41, 5.74) is 1.49. The fourth-order valence-corrected chi connectivity index (χ4v) is 1.55. The van der Waals surface area contributed by atoms with Gasteiger partial charge < -0.3 is 14.1 Å². The van der Waals surface area contributed by atoms with E-state index in [2.05, 4.69) is 11.6 Å². The number of H-pyrrole nitrogens is 1. The molecule has 0 saturated carbocycles. The molecule has 1 N–H and O–H groups in total. The smallest absolute Gasteiger partial charge is 0.361 e. The molecular formula is C14H13NO4. The van der Waals surface area contributed by atoms with Crippen LogP contribution in [0.5, 0.6) is 0 Å². The second kappa shape index (κ2) is 5.39. The van der Waals surface area contributed by atoms with Crippen molar-refractivity contribution in [2.24, 2.45) is 0 Å². The maximum absolute atomic E-state index is 11.4. The molecule has 0 atom stereocenters. The Kier molecular flexibility index (Phi) is 3.66. The van der Waals surface area contributed by atoms with Crippen molar-refractivity contribution in [2.75, 3.05) is 0 Å². The van der Waals surface area contributed by atoms with Gasteiger partial charge in [-0.1, -0.05) is 24.3 Å². The van der Waals surface area contributed by atoms with Crippen LogP contribution in [0.25, 0.3) is 12.7 Å². The van der Waals surface area contributed by atoms with Gasteiger partial charge in [0.25, 0.3) is 0 Å². The topological polar surface area (TPSA) is 72.3 Å². The van der Waals surface area contributed by atoms with Crippen molar-refractivity contribution in [1.29, 1.82) is 0 Å². The molecule has 0 bridgehead atoms. The summed E-state index contributed by atoms with van der Waals surface area (Å²) in [7, 11) is 0. The number of ether oxygens (including phenoxy) is 1. The molecule has 0 spiro atoms. The molecule has 5 nitrogen and oxygen atoms in total. The van der Waals surface area contributed by atoms with Crippen LogP contribution < -0.4 is 16.5 Å². The highest BCUT2D eigenvalue weighted by Gasteiger charge is 1.98. The molecular weight excluding hydrogens is 246 g/mol. The maximum atomic E-state index is 11.4. The molecule has 0 radical (unpaired) electrons. The normalized spacial score (nSPS) is 11.5. The molecule has 1 heterocycles. The number of esters is 1. The third kappa shape index (κ3) is 3.45. The molecule has 2 rings (SSSR count). The summed E-state index contributed by atoms with van der Waals surface area (Å²) in [6, 6.07) is 7.29. The first kappa shape index (κ1) is 12.9. The van der Waals surface area contributed by atoms with E-state index in [4.69, 9.17) is 9.15 Å². The van der Waals surface area contributed by atoms with Gasteiger partial charge in [0.05, 0.1) is 0 Å². The average Bonchev–Trinajstić information content (AvgIpc) is 2.67. The zero-order valence-electron chi connectivity index (χ0n) is 10.4. The lowest BCUT2D eigenvalue weighted by Gasteiger charge is -2.01. The van der Waals surface area contributed by atoms with E-state index in [1.54, 1.807) is 6.08 Å². The minimum Gasteiger partial charge on any atom is -0.461 e. The highest BCUT2D eigenvalue weighted by atomic mass is 16.5. The Labute approximate surface area is 108 Å². The number of hydrogen-bond donors (Lipinski definition) is 1. The van der Waals surface area contributed by atoms with E-state index in [0.717, 1.165) is 11.1 Å². The Morgan fingerprint density at radius 3 is 2.63 bits per heavy atom. The summed E-state index contributed by atoms with van der Waals surface area (Å²) in [4.78, 5) is 24.8. The predicted molar refractivity (Wildman–Crippen MR) is 69.6 cm³/mol. The molecule has 2 aromatic rings. The number of rotatable bonds is 3. The number of aromatic nitrogens is 1. The Bertz CT molecular complexity index is 737. The quantitative estimate of drug-likeness (QED) is 0.803. The van der Waals surface area contributed by atoms with Gasteiger partial charge in [-0.25, -0.2) is 4.79 Å². The second-order valence-electron chi connectivity index (χ2n) is 4.02. The van der Waals surface area contributed by atoms with Crippen molar-refractivity contribution < 1.29 is 13.9 Å². The zero-order chi connectivity index (χ0) is 13.8. The fraction of sp³-hybridized carbons (Fsp3) is 0.143. The highest BCUT2D eigenvalue weighted by Crippen LogP contribution is 2.06. The van der Waals surface area contributed by atoms with Crippen molar-refractivity contribution in [3.8, 4) is 0 Å². The van der Waals surface area contributed by atoms with Crippen LogP contribution in [0.4, 0.5) is 0 Å². The SMILES string of the molecule is C=c1[nH]c(=Cc2ccc(COC(C)=O)cc2)c(=O)o1. The first-order valence-electron chi connectivity index (χ1n) is 5.67. The number of benzene rings is 1. The number of carbonyl (C=O) groups is 1. The molecule has 0 aliphatic heterocycles. The van der Waals surface area contributed by atoms with Crippen LogP contribution in [0.15, 0.2) is 33.5 Å². The molecule has 1 aromatic carbocycles. The minimum atomic E-state index is -0.450. The van der Waals surface area contributed by atoms with Crippen molar-refractivity contribution in [3.05, 3.63) is 56.7 Å². The maximum Gasteiger partial charge on any atom is 0.361 e. The summed E-state index contributed by atoms with van der Waals surface area (Å²) in [5.74, 6) is -0.317. The van der Waals surface area contributed by atoms with Gasteiger partial charge in [-0.3, -0.25) is 4.79 Å². The predicted octanol–water partition coefficient (Wildman–Crippen LogP) is 0.270. The molecule has 0 saturated heterocycles. The lowest BCUT2D eigenvalue weighted by Crippen LogP contribution is -2.20. The molecule has 5 heteroatoms. The summed E-state index contributed by atoms with van der Waals surface area (Å²) in [5, 5.41) is 0.345. The van der Waals surface area contributed by atoms with Gasteiger partial charge in [0.2, 0.25) is 0 Å². The number of hydrogen-bond acceptors (Lipinski definition) is 4. The van der Waals surface area contributed by atoms with Gasteiger partial charge in [0.1, 0.15) is 12.0 Å². The Morgan fingerprint density at radius 2 is 2.11 bits per heavy atom. The number of nitrogens with one attached hydrogen (secondary N) is 1. The second-order valence-corrected chi connectivity index (χ2v) is 4.02. The van der Waals surface area contributed by atoms with Crippen LogP contribution in [-0.4, -0.2) is 11.0 Å². The molecule has 0 aliphatic rings. The van der Waals surface area contributed by atoms with Crippen LogP contribution in [0.1, 0.15) is 18.1 Å². The van der Waals surface area contributed by atoms with Crippen LogP contribution in [0.2, 0.25) is 0 Å². The zero-order valence-corrected chi connectivity index (χ0v) is 10.4. The monoisotopic (exact) mass is 259 g/mol. The van der Waals surface area contributed by atoms with Gasteiger partial charge in [-0.15, -0.1) is 0 Å². The van der Waals surface area contributed by atoms with E-state index in [-0.39, 0.29) is 18.1 Å². The van der Waals surface area contributed by atoms with E-state index in [0.29, 0.717) is 5.35 Å². The molecule has 0 fully saturated rings. The number of oxazole rings is 1. The van der Waals surface area contributed by atoms with Gasteiger partial charge in [0.15, 0.2) is 5.55 Å². The van der Waals surface area contributed by atoms with Gasteiger partial charge in [-0.2, -0.15) is 0 Å². The van der Waals surface area contributed by atoms with Gasteiger partial charge >= 0.3 is 11.6 Å². The third-order valence-electron chi connectivity index (χ3n) is 2.44. The lowest BCUT2D eigenvalue weighted by molar-refractivity contribution is -0.142. The molecule has 0 aliphatic carbocycles. The van der Waals surface area contributed by atoms with E-state index in [9.17, 15) is 9.59 Å². The molecule has 98 valence electrons. The van der Waals surface area contributed by atoms with Crippen LogP contribution in [-0.2, 0) is 16.1 Å². The highest BCUT2D eigenvalue weighted by molar-refractivity contribution is 5.65. The van der Waals surface area contributed by atoms with E-state index < -0.39 is 5.63 Å². The first-order valence-corrected chi connectivity index (χ1v) is 5.67. The lowest BCUT2D eigenvalue weighted by atomic mass is 10.1. The summed E-state index contributed by atoms with van der Waals surface area (Å²) in [6.45, 7) is 5.11. The van der Waals surface area contributed by atoms with Crippen molar-refractivity contribution in [1.82, 2.24) is 4.98 Å². The standard InChI is InChI=1S/C14H13NO4/c1-9-15-13(14(17)19-9)7-11-3-5-12(6-4-11)8-18-10(2)16/h3-7,15H,1,8H2,2H3. The molecule has 0 amide bonds. The third-order valence-corrected chi connectivity index (χ3v) is 2.44. The van der Waals surface area contributed by atoms with Crippen molar-refractivity contribution in [2.45, 2.75) is 13.5 Å². The largest absolute Gasteiger partial charge is 0.461 e. The molecule has 19 heavy (non-hydrogen) atoms. The number of carbonyl (C=O) groups excluding carboxylic acids is 1. The Morgan fingerprint density at radius 1 is 1.42 bits per heavy atom.